The minimum atomic E-state index is -0.422. The van der Waals surface area contributed by atoms with Gasteiger partial charge in [0.2, 0.25) is 11.1 Å². The van der Waals surface area contributed by atoms with Crippen LogP contribution in [0.15, 0.2) is 29.4 Å². The van der Waals surface area contributed by atoms with Crippen LogP contribution in [0.4, 0.5) is 4.79 Å². The summed E-state index contributed by atoms with van der Waals surface area (Å²) >= 11 is 1.19. The van der Waals surface area contributed by atoms with Crippen molar-refractivity contribution in [1.29, 1.82) is 0 Å². The van der Waals surface area contributed by atoms with Crippen LogP contribution in [-0.4, -0.2) is 38.9 Å². The molecule has 0 bridgehead atoms. The van der Waals surface area contributed by atoms with E-state index in [9.17, 15) is 9.59 Å². The van der Waals surface area contributed by atoms with Crippen molar-refractivity contribution in [3.05, 3.63) is 29.8 Å². The molecule has 0 spiro atoms. The van der Waals surface area contributed by atoms with Crippen LogP contribution in [0.5, 0.6) is 0 Å². The van der Waals surface area contributed by atoms with Gasteiger partial charge in [-0.2, -0.15) is 0 Å². The summed E-state index contributed by atoms with van der Waals surface area (Å²) in [7, 11) is 0. The minimum Gasteiger partial charge on any atom is -0.335 e. The SMILES string of the molecule is Cc1ccc(-c2nc(SCC(=O)NC(=O)N[C@H]3CCCC[C@H]3C)n[nH]2)cc1. The Bertz CT molecular complexity index is 790. The monoisotopic (exact) mass is 387 g/mol. The molecule has 1 aromatic carbocycles. The molecule has 7 nitrogen and oxygen atoms in total. The Morgan fingerprint density at radius 2 is 1.96 bits per heavy atom. The fourth-order valence-corrected chi connectivity index (χ4v) is 3.78. The summed E-state index contributed by atoms with van der Waals surface area (Å²) in [5.41, 5.74) is 2.11. The van der Waals surface area contributed by atoms with Crippen LogP contribution < -0.4 is 10.6 Å². The number of hydrogen-bond donors (Lipinski definition) is 3. The number of aryl methyl sites for hydroxylation is 1. The third-order valence-electron chi connectivity index (χ3n) is 4.80. The Balaban J connectivity index is 1.45. The molecule has 27 heavy (non-hydrogen) atoms. The summed E-state index contributed by atoms with van der Waals surface area (Å²) < 4.78 is 0. The topological polar surface area (TPSA) is 99.8 Å². The smallest absolute Gasteiger partial charge is 0.321 e. The van der Waals surface area contributed by atoms with Gasteiger partial charge in [0, 0.05) is 11.6 Å². The van der Waals surface area contributed by atoms with E-state index in [1.807, 2.05) is 31.2 Å². The molecule has 2 aromatic rings. The Morgan fingerprint density at radius 1 is 1.22 bits per heavy atom. The molecule has 0 aliphatic heterocycles. The minimum absolute atomic E-state index is 0.0822. The number of benzene rings is 1. The van der Waals surface area contributed by atoms with Crippen molar-refractivity contribution >= 4 is 23.7 Å². The molecule has 144 valence electrons. The molecule has 1 heterocycles. The zero-order valence-corrected chi connectivity index (χ0v) is 16.4. The zero-order valence-electron chi connectivity index (χ0n) is 15.6. The van der Waals surface area contributed by atoms with Crippen molar-refractivity contribution in [2.75, 3.05) is 5.75 Å². The molecule has 1 aliphatic rings. The second-order valence-corrected chi connectivity index (χ2v) is 7.95. The first-order valence-corrected chi connectivity index (χ1v) is 10.2. The third-order valence-corrected chi connectivity index (χ3v) is 5.65. The third kappa shape index (κ3) is 5.56. The summed E-state index contributed by atoms with van der Waals surface area (Å²) in [5.74, 6) is 0.825. The Labute approximate surface area is 163 Å². The van der Waals surface area contributed by atoms with Gasteiger partial charge in [-0.1, -0.05) is 61.4 Å². The number of urea groups is 1. The number of thioether (sulfide) groups is 1. The predicted octanol–water partition coefficient (Wildman–Crippen LogP) is 3.28. The number of aromatic nitrogens is 3. The molecule has 8 heteroatoms. The highest BCUT2D eigenvalue weighted by atomic mass is 32.2. The largest absolute Gasteiger partial charge is 0.335 e. The Kier molecular flexibility index (Phi) is 6.49. The predicted molar refractivity (Wildman–Crippen MR) is 105 cm³/mol. The van der Waals surface area contributed by atoms with Crippen LogP contribution in [0, 0.1) is 12.8 Å². The Morgan fingerprint density at radius 3 is 2.70 bits per heavy atom. The van der Waals surface area contributed by atoms with Crippen LogP contribution in [0.2, 0.25) is 0 Å². The van der Waals surface area contributed by atoms with Gasteiger partial charge in [0.05, 0.1) is 5.75 Å². The maximum absolute atomic E-state index is 12.0. The second kappa shape index (κ2) is 9.03. The number of nitrogens with zero attached hydrogens (tertiary/aromatic N) is 2. The van der Waals surface area contributed by atoms with Crippen molar-refractivity contribution in [2.24, 2.45) is 5.92 Å². The van der Waals surface area contributed by atoms with Gasteiger partial charge in [0.1, 0.15) is 0 Å². The number of hydrogen-bond acceptors (Lipinski definition) is 5. The lowest BCUT2D eigenvalue weighted by Gasteiger charge is -2.29. The standard InChI is InChI=1S/C19H25N5O2S/c1-12-7-9-14(10-8-12)17-22-19(24-23-17)27-11-16(25)21-18(26)20-15-6-4-3-5-13(15)2/h7-10,13,15H,3-6,11H2,1-2H3,(H,22,23,24)(H2,20,21,25,26)/t13-,15+/m1/s1. The van der Waals surface area contributed by atoms with E-state index in [0.717, 1.165) is 24.8 Å². The molecular formula is C19H25N5O2S. The average Bonchev–Trinajstić information content (AvgIpc) is 3.11. The maximum Gasteiger partial charge on any atom is 0.321 e. The fraction of sp³-hybridized carbons (Fsp3) is 0.474. The zero-order chi connectivity index (χ0) is 19.2. The number of rotatable bonds is 5. The first kappa shape index (κ1) is 19.4. The van der Waals surface area contributed by atoms with Crippen molar-refractivity contribution in [3.8, 4) is 11.4 Å². The van der Waals surface area contributed by atoms with Gasteiger partial charge >= 0.3 is 6.03 Å². The highest BCUT2D eigenvalue weighted by Gasteiger charge is 2.23. The molecule has 1 aromatic heterocycles. The fourth-order valence-electron chi connectivity index (χ4n) is 3.18. The van der Waals surface area contributed by atoms with Gasteiger partial charge in [-0.3, -0.25) is 15.2 Å². The van der Waals surface area contributed by atoms with Crippen LogP contribution in [0.3, 0.4) is 0 Å². The molecule has 1 saturated carbocycles. The van der Waals surface area contributed by atoms with Crippen molar-refractivity contribution in [2.45, 2.75) is 50.7 Å². The summed E-state index contributed by atoms with van der Waals surface area (Å²) in [6, 6.07) is 7.66. The first-order valence-electron chi connectivity index (χ1n) is 9.24. The van der Waals surface area contributed by atoms with Crippen LogP contribution >= 0.6 is 11.8 Å². The van der Waals surface area contributed by atoms with E-state index in [2.05, 4.69) is 32.7 Å². The molecule has 0 radical (unpaired) electrons. The van der Waals surface area contributed by atoms with Gasteiger partial charge in [0.25, 0.3) is 0 Å². The number of amides is 3. The van der Waals surface area contributed by atoms with E-state index in [4.69, 9.17) is 0 Å². The number of H-pyrrole nitrogens is 1. The highest BCUT2D eigenvalue weighted by molar-refractivity contribution is 7.99. The van der Waals surface area contributed by atoms with Crippen LogP contribution in [0.1, 0.15) is 38.2 Å². The number of carbonyl (C=O) groups is 2. The quantitative estimate of drug-likeness (QED) is 0.684. The Hall–Kier alpha value is -2.35. The maximum atomic E-state index is 12.0. The van der Waals surface area contributed by atoms with E-state index in [0.29, 0.717) is 16.9 Å². The molecule has 3 N–H and O–H groups in total. The van der Waals surface area contributed by atoms with E-state index in [1.54, 1.807) is 0 Å². The van der Waals surface area contributed by atoms with E-state index in [-0.39, 0.29) is 17.7 Å². The number of nitrogens with one attached hydrogen (secondary N) is 3. The van der Waals surface area contributed by atoms with Crippen LogP contribution in [0.25, 0.3) is 11.4 Å². The summed E-state index contributed by atoms with van der Waals surface area (Å²) in [6.45, 7) is 4.16. The lowest BCUT2D eigenvalue weighted by Crippen LogP contribution is -2.48. The molecule has 0 unspecified atom stereocenters. The molecule has 3 rings (SSSR count). The van der Waals surface area contributed by atoms with Gasteiger partial charge in [-0.05, 0) is 25.7 Å². The normalized spacial score (nSPS) is 19.5. The highest BCUT2D eigenvalue weighted by Crippen LogP contribution is 2.23. The summed E-state index contributed by atoms with van der Waals surface area (Å²) in [5, 5.41) is 12.8. The number of carbonyl (C=O) groups excluding carboxylic acids is 2. The van der Waals surface area contributed by atoms with Crippen molar-refractivity contribution in [1.82, 2.24) is 25.8 Å². The molecular weight excluding hydrogens is 362 g/mol. The first-order chi connectivity index (χ1) is 13.0. The van der Waals surface area contributed by atoms with E-state index >= 15 is 0 Å². The lowest BCUT2D eigenvalue weighted by molar-refractivity contribution is -0.117. The second-order valence-electron chi connectivity index (χ2n) is 7.01. The molecule has 3 amide bonds. The van der Waals surface area contributed by atoms with E-state index in [1.165, 1.54) is 23.7 Å². The molecule has 0 saturated heterocycles. The lowest BCUT2D eigenvalue weighted by atomic mass is 9.86. The molecule has 2 atom stereocenters. The molecule has 1 aliphatic carbocycles. The summed E-state index contributed by atoms with van der Waals surface area (Å²) in [6.07, 6.45) is 4.41. The van der Waals surface area contributed by atoms with Gasteiger partial charge in [-0.15, -0.1) is 5.10 Å². The average molecular weight is 388 g/mol. The number of imide groups is 1. The van der Waals surface area contributed by atoms with Gasteiger partial charge in [-0.25, -0.2) is 9.78 Å². The van der Waals surface area contributed by atoms with Crippen molar-refractivity contribution < 1.29 is 9.59 Å². The number of aromatic amines is 1. The van der Waals surface area contributed by atoms with E-state index < -0.39 is 6.03 Å². The van der Waals surface area contributed by atoms with Gasteiger partial charge < -0.3 is 5.32 Å². The molecule has 1 fully saturated rings. The van der Waals surface area contributed by atoms with Crippen LogP contribution in [-0.2, 0) is 4.79 Å². The van der Waals surface area contributed by atoms with Crippen molar-refractivity contribution in [3.63, 3.8) is 0 Å². The summed E-state index contributed by atoms with van der Waals surface area (Å²) in [4.78, 5) is 28.4. The van der Waals surface area contributed by atoms with Gasteiger partial charge in [0.15, 0.2) is 5.82 Å².